The molecule has 0 aliphatic heterocycles. The summed E-state index contributed by atoms with van der Waals surface area (Å²) in [5.41, 5.74) is 9.23. The van der Waals surface area contributed by atoms with Crippen LogP contribution in [0.5, 0.6) is 0 Å². The Bertz CT molecular complexity index is 752. The highest BCUT2D eigenvalue weighted by Gasteiger charge is 2.18. The monoisotopic (exact) mass is 290 g/mol. The van der Waals surface area contributed by atoms with Crippen LogP contribution in [0, 0.1) is 20.8 Å². The van der Waals surface area contributed by atoms with Crippen molar-refractivity contribution in [3.63, 3.8) is 0 Å². The topological polar surface area (TPSA) is 72.2 Å². The minimum Gasteiger partial charge on any atom is -0.399 e. The number of sulfonamides is 1. The van der Waals surface area contributed by atoms with E-state index in [4.69, 9.17) is 5.73 Å². The predicted molar refractivity (Wildman–Crippen MR) is 82.3 cm³/mol. The predicted octanol–water partition coefficient (Wildman–Crippen LogP) is 2.99. The number of nitrogen functional groups attached to an aromatic ring is 1. The van der Waals surface area contributed by atoms with Gasteiger partial charge in [0.05, 0.1) is 10.6 Å². The smallest absolute Gasteiger partial charge is 0.262 e. The van der Waals surface area contributed by atoms with Crippen LogP contribution in [0.4, 0.5) is 11.4 Å². The van der Waals surface area contributed by atoms with Crippen LogP contribution in [0.25, 0.3) is 0 Å². The highest BCUT2D eigenvalue weighted by molar-refractivity contribution is 7.92. The van der Waals surface area contributed by atoms with Crippen molar-refractivity contribution < 1.29 is 8.42 Å². The Hall–Kier alpha value is -2.01. The second kappa shape index (κ2) is 5.17. The molecule has 2 rings (SSSR count). The molecule has 0 aromatic heterocycles. The van der Waals surface area contributed by atoms with E-state index in [-0.39, 0.29) is 4.90 Å². The van der Waals surface area contributed by atoms with E-state index in [1.807, 2.05) is 32.0 Å². The zero-order chi connectivity index (χ0) is 14.9. The summed E-state index contributed by atoms with van der Waals surface area (Å²) in [4.78, 5) is 0.207. The van der Waals surface area contributed by atoms with Gasteiger partial charge in [0.15, 0.2) is 0 Å². The van der Waals surface area contributed by atoms with Crippen LogP contribution < -0.4 is 10.5 Å². The summed E-state index contributed by atoms with van der Waals surface area (Å²) >= 11 is 0. The van der Waals surface area contributed by atoms with Gasteiger partial charge >= 0.3 is 0 Å². The van der Waals surface area contributed by atoms with E-state index in [0.717, 1.165) is 11.1 Å². The molecule has 5 heteroatoms. The Balaban J connectivity index is 2.46. The van der Waals surface area contributed by atoms with Gasteiger partial charge in [0.2, 0.25) is 0 Å². The normalized spacial score (nSPS) is 11.3. The minimum absolute atomic E-state index is 0.207. The molecule has 20 heavy (non-hydrogen) atoms. The van der Waals surface area contributed by atoms with Gasteiger partial charge in [0, 0.05) is 5.69 Å². The van der Waals surface area contributed by atoms with Crippen molar-refractivity contribution in [3.05, 3.63) is 53.1 Å². The quantitative estimate of drug-likeness (QED) is 0.854. The third kappa shape index (κ3) is 2.93. The Kier molecular flexibility index (Phi) is 3.72. The first-order valence-corrected chi connectivity index (χ1v) is 7.74. The highest BCUT2D eigenvalue weighted by atomic mass is 32.2. The minimum atomic E-state index is -3.64. The molecular weight excluding hydrogens is 272 g/mol. The fourth-order valence-corrected chi connectivity index (χ4v) is 3.35. The fraction of sp³-hybridized carbons (Fsp3) is 0.200. The first-order valence-electron chi connectivity index (χ1n) is 6.26. The Morgan fingerprint density at radius 1 is 0.950 bits per heavy atom. The average Bonchev–Trinajstić information content (AvgIpc) is 2.36. The van der Waals surface area contributed by atoms with Crippen LogP contribution in [-0.2, 0) is 10.0 Å². The molecule has 0 spiro atoms. The van der Waals surface area contributed by atoms with Gasteiger partial charge in [-0.05, 0) is 55.7 Å². The summed E-state index contributed by atoms with van der Waals surface area (Å²) in [7, 11) is -3.64. The molecule has 0 amide bonds. The van der Waals surface area contributed by atoms with Crippen LogP contribution in [-0.4, -0.2) is 8.42 Å². The number of nitrogens with one attached hydrogen (secondary N) is 1. The molecule has 2 aromatic carbocycles. The van der Waals surface area contributed by atoms with Crippen molar-refractivity contribution in [1.82, 2.24) is 0 Å². The molecular formula is C15H18N2O2S. The molecule has 0 bridgehead atoms. The molecule has 0 saturated carbocycles. The first kappa shape index (κ1) is 14.4. The Morgan fingerprint density at radius 3 is 2.30 bits per heavy atom. The van der Waals surface area contributed by atoms with E-state index in [2.05, 4.69) is 4.72 Å². The lowest BCUT2D eigenvalue weighted by Crippen LogP contribution is -2.15. The lowest BCUT2D eigenvalue weighted by molar-refractivity contribution is 0.600. The average molecular weight is 290 g/mol. The standard InChI is InChI=1S/C15H18N2O2S/c1-10-4-5-11(2)14(8-10)17-20(18,19)15-9-13(16)7-6-12(15)3/h4-9,17H,16H2,1-3H3. The molecule has 3 N–H and O–H groups in total. The summed E-state index contributed by atoms with van der Waals surface area (Å²) in [6, 6.07) is 10.5. The molecule has 4 nitrogen and oxygen atoms in total. The maximum atomic E-state index is 12.5. The van der Waals surface area contributed by atoms with Crippen LogP contribution >= 0.6 is 0 Å². The van der Waals surface area contributed by atoms with E-state index in [0.29, 0.717) is 16.9 Å². The SMILES string of the molecule is Cc1ccc(C)c(NS(=O)(=O)c2cc(N)ccc2C)c1. The molecule has 0 aliphatic carbocycles. The zero-order valence-electron chi connectivity index (χ0n) is 11.8. The van der Waals surface area contributed by atoms with E-state index in [9.17, 15) is 8.42 Å². The van der Waals surface area contributed by atoms with Crippen LogP contribution in [0.3, 0.4) is 0 Å². The van der Waals surface area contributed by atoms with Crippen molar-refractivity contribution in [2.24, 2.45) is 0 Å². The Morgan fingerprint density at radius 2 is 1.60 bits per heavy atom. The molecule has 0 aliphatic rings. The third-order valence-electron chi connectivity index (χ3n) is 3.14. The summed E-state index contributed by atoms with van der Waals surface area (Å²) in [5.74, 6) is 0. The van der Waals surface area contributed by atoms with E-state index in [1.54, 1.807) is 19.1 Å². The second-order valence-corrected chi connectivity index (χ2v) is 6.60. The number of rotatable bonds is 3. The van der Waals surface area contributed by atoms with Crippen molar-refractivity contribution >= 4 is 21.4 Å². The lowest BCUT2D eigenvalue weighted by atomic mass is 10.1. The molecule has 2 aromatic rings. The van der Waals surface area contributed by atoms with Crippen LogP contribution in [0.15, 0.2) is 41.3 Å². The first-order chi connectivity index (χ1) is 9.29. The van der Waals surface area contributed by atoms with E-state index >= 15 is 0 Å². The lowest BCUT2D eigenvalue weighted by Gasteiger charge is -2.13. The van der Waals surface area contributed by atoms with Gasteiger partial charge in [-0.1, -0.05) is 18.2 Å². The maximum absolute atomic E-state index is 12.5. The number of aryl methyl sites for hydroxylation is 3. The summed E-state index contributed by atoms with van der Waals surface area (Å²) in [6.07, 6.45) is 0. The van der Waals surface area contributed by atoms with Gasteiger partial charge in [-0.2, -0.15) is 0 Å². The molecule has 0 heterocycles. The summed E-state index contributed by atoms with van der Waals surface area (Å²) in [5, 5.41) is 0. The van der Waals surface area contributed by atoms with E-state index in [1.165, 1.54) is 6.07 Å². The van der Waals surface area contributed by atoms with Gasteiger partial charge in [0.25, 0.3) is 10.0 Å². The number of anilines is 2. The van der Waals surface area contributed by atoms with Gasteiger partial charge in [-0.15, -0.1) is 0 Å². The number of hydrogen-bond donors (Lipinski definition) is 2. The number of benzene rings is 2. The largest absolute Gasteiger partial charge is 0.399 e. The van der Waals surface area contributed by atoms with Gasteiger partial charge in [0.1, 0.15) is 0 Å². The fourth-order valence-electron chi connectivity index (χ4n) is 1.95. The highest BCUT2D eigenvalue weighted by Crippen LogP contribution is 2.24. The van der Waals surface area contributed by atoms with Gasteiger partial charge < -0.3 is 5.73 Å². The van der Waals surface area contributed by atoms with Crippen molar-refractivity contribution in [2.75, 3.05) is 10.5 Å². The molecule has 0 saturated heterocycles. The molecule has 0 unspecified atom stereocenters. The van der Waals surface area contributed by atoms with Crippen LogP contribution in [0.2, 0.25) is 0 Å². The van der Waals surface area contributed by atoms with Crippen molar-refractivity contribution in [2.45, 2.75) is 25.7 Å². The molecule has 0 fully saturated rings. The van der Waals surface area contributed by atoms with Gasteiger partial charge in [-0.3, -0.25) is 4.72 Å². The maximum Gasteiger partial charge on any atom is 0.262 e. The van der Waals surface area contributed by atoms with Crippen molar-refractivity contribution in [1.29, 1.82) is 0 Å². The number of nitrogens with two attached hydrogens (primary N) is 1. The summed E-state index contributed by atoms with van der Waals surface area (Å²) in [6.45, 7) is 5.53. The van der Waals surface area contributed by atoms with E-state index < -0.39 is 10.0 Å². The number of hydrogen-bond acceptors (Lipinski definition) is 3. The van der Waals surface area contributed by atoms with Crippen molar-refractivity contribution in [3.8, 4) is 0 Å². The van der Waals surface area contributed by atoms with Crippen LogP contribution in [0.1, 0.15) is 16.7 Å². The third-order valence-corrected chi connectivity index (χ3v) is 4.65. The van der Waals surface area contributed by atoms with Gasteiger partial charge in [-0.25, -0.2) is 8.42 Å². The summed E-state index contributed by atoms with van der Waals surface area (Å²) < 4.78 is 27.6. The molecule has 106 valence electrons. The Labute approximate surface area is 119 Å². The second-order valence-electron chi connectivity index (χ2n) is 4.95. The molecule has 0 radical (unpaired) electrons. The zero-order valence-corrected chi connectivity index (χ0v) is 12.6. The molecule has 0 atom stereocenters.